The summed E-state index contributed by atoms with van der Waals surface area (Å²) in [5.41, 5.74) is 6.67. The maximum atomic E-state index is 11.9. The van der Waals surface area contributed by atoms with Crippen molar-refractivity contribution in [2.24, 2.45) is 10.7 Å². The highest BCUT2D eigenvalue weighted by atomic mass is 35.5. The second-order valence-corrected chi connectivity index (χ2v) is 4.74. The van der Waals surface area contributed by atoms with Crippen molar-refractivity contribution in [1.82, 2.24) is 5.32 Å². The van der Waals surface area contributed by atoms with Crippen LogP contribution in [0.5, 0.6) is 5.75 Å². The van der Waals surface area contributed by atoms with E-state index in [1.54, 1.807) is 0 Å². The molecule has 0 fully saturated rings. The van der Waals surface area contributed by atoms with Crippen LogP contribution >= 0.6 is 24.0 Å². The summed E-state index contributed by atoms with van der Waals surface area (Å²) in [6, 6.07) is 13.7. The molecule has 7 heteroatoms. The number of halogens is 2. The minimum absolute atomic E-state index is 0. The van der Waals surface area contributed by atoms with Crippen molar-refractivity contribution in [3.8, 4) is 5.75 Å². The third kappa shape index (κ3) is 4.95. The summed E-state index contributed by atoms with van der Waals surface area (Å²) in [6.07, 6.45) is 0. The minimum Gasteiger partial charge on any atom is -0.507 e. The van der Waals surface area contributed by atoms with Gasteiger partial charge in [-0.05, 0) is 23.8 Å². The number of hydrogen-bond acceptors (Lipinski definition) is 3. The lowest BCUT2D eigenvalue weighted by atomic mass is 10.2. The van der Waals surface area contributed by atoms with Crippen LogP contribution in [-0.2, 0) is 6.54 Å². The first-order valence-electron chi connectivity index (χ1n) is 6.20. The van der Waals surface area contributed by atoms with E-state index in [-0.39, 0.29) is 29.7 Å². The summed E-state index contributed by atoms with van der Waals surface area (Å²) in [4.78, 5) is 16.0. The number of amides is 1. The molecule has 4 N–H and O–H groups in total. The lowest BCUT2D eigenvalue weighted by Crippen LogP contribution is -2.36. The van der Waals surface area contributed by atoms with E-state index >= 15 is 0 Å². The van der Waals surface area contributed by atoms with E-state index in [2.05, 4.69) is 10.3 Å². The van der Waals surface area contributed by atoms with Crippen molar-refractivity contribution in [3.63, 3.8) is 0 Å². The predicted octanol–water partition coefficient (Wildman–Crippen LogP) is 2.71. The van der Waals surface area contributed by atoms with E-state index in [1.165, 1.54) is 18.2 Å². The molecule has 5 nitrogen and oxygen atoms in total. The Morgan fingerprint density at radius 2 is 1.91 bits per heavy atom. The van der Waals surface area contributed by atoms with E-state index in [0.29, 0.717) is 11.6 Å². The van der Waals surface area contributed by atoms with Gasteiger partial charge in [0.1, 0.15) is 5.75 Å². The molecule has 0 bridgehead atoms. The molecule has 116 valence electrons. The molecule has 2 aromatic carbocycles. The van der Waals surface area contributed by atoms with Crippen molar-refractivity contribution in [3.05, 3.63) is 64.7 Å². The largest absolute Gasteiger partial charge is 0.507 e. The smallest absolute Gasteiger partial charge is 0.261 e. The van der Waals surface area contributed by atoms with Gasteiger partial charge in [-0.25, -0.2) is 4.99 Å². The average molecular weight is 340 g/mol. The quantitative estimate of drug-likeness (QED) is 0.593. The second-order valence-electron chi connectivity index (χ2n) is 4.30. The average Bonchev–Trinajstić information content (AvgIpc) is 2.48. The Balaban J connectivity index is 0.00000242. The molecule has 0 aromatic heterocycles. The normalized spacial score (nSPS) is 10.7. The van der Waals surface area contributed by atoms with E-state index in [9.17, 15) is 9.90 Å². The van der Waals surface area contributed by atoms with Crippen LogP contribution in [0.2, 0.25) is 5.02 Å². The first-order chi connectivity index (χ1) is 10.1. The minimum atomic E-state index is -0.565. The van der Waals surface area contributed by atoms with Crippen molar-refractivity contribution in [2.45, 2.75) is 6.54 Å². The summed E-state index contributed by atoms with van der Waals surface area (Å²) in [6.45, 7) is 0.356. The molecule has 0 aliphatic rings. The zero-order valence-corrected chi connectivity index (χ0v) is 13.1. The van der Waals surface area contributed by atoms with Crippen molar-refractivity contribution in [1.29, 1.82) is 0 Å². The zero-order valence-electron chi connectivity index (χ0n) is 11.5. The molecule has 0 heterocycles. The van der Waals surface area contributed by atoms with Gasteiger partial charge >= 0.3 is 0 Å². The number of phenolic OH excluding ortho intramolecular Hbond substituents is 1. The Labute approximate surface area is 139 Å². The number of benzene rings is 2. The van der Waals surface area contributed by atoms with Crippen LogP contribution in [-0.4, -0.2) is 17.0 Å². The number of rotatable bonds is 3. The van der Waals surface area contributed by atoms with Gasteiger partial charge in [0.2, 0.25) is 0 Å². The van der Waals surface area contributed by atoms with Gasteiger partial charge in [0.25, 0.3) is 5.91 Å². The van der Waals surface area contributed by atoms with Crippen molar-refractivity contribution in [2.75, 3.05) is 0 Å². The fourth-order valence-electron chi connectivity index (χ4n) is 1.67. The summed E-state index contributed by atoms with van der Waals surface area (Å²) in [7, 11) is 0. The molecule has 2 rings (SSSR count). The highest BCUT2D eigenvalue weighted by molar-refractivity contribution is 6.31. The molecule has 2 aromatic rings. The second kappa shape index (κ2) is 8.26. The third-order valence-corrected chi connectivity index (χ3v) is 2.95. The number of hydrogen-bond donors (Lipinski definition) is 3. The van der Waals surface area contributed by atoms with E-state index in [0.717, 1.165) is 5.56 Å². The molecule has 0 radical (unpaired) electrons. The molecule has 0 spiro atoms. The summed E-state index contributed by atoms with van der Waals surface area (Å²) in [5, 5.41) is 12.4. The van der Waals surface area contributed by atoms with Gasteiger partial charge in [0.15, 0.2) is 5.96 Å². The van der Waals surface area contributed by atoms with Crippen molar-refractivity contribution >= 4 is 35.9 Å². The number of nitrogens with zero attached hydrogens (tertiary/aromatic N) is 1. The van der Waals surface area contributed by atoms with Crippen LogP contribution in [0.25, 0.3) is 0 Å². The fourth-order valence-corrected chi connectivity index (χ4v) is 1.85. The SMILES string of the molecule is Cl.NC(=NCc1ccccc1)NC(=O)c1cc(Cl)ccc1O. The van der Waals surface area contributed by atoms with Crippen LogP contribution in [0.3, 0.4) is 0 Å². The van der Waals surface area contributed by atoms with Crippen LogP contribution in [0.15, 0.2) is 53.5 Å². The van der Waals surface area contributed by atoms with Gasteiger partial charge in [0.05, 0.1) is 12.1 Å². The Bertz CT molecular complexity index is 676. The van der Waals surface area contributed by atoms with Gasteiger partial charge in [-0.3, -0.25) is 10.1 Å². The Hall–Kier alpha value is -2.24. The summed E-state index contributed by atoms with van der Waals surface area (Å²) < 4.78 is 0. The number of aliphatic imine (C=N–C) groups is 1. The van der Waals surface area contributed by atoms with Gasteiger partial charge in [-0.2, -0.15) is 0 Å². The molecule has 0 saturated carbocycles. The van der Waals surface area contributed by atoms with E-state index in [1.807, 2.05) is 30.3 Å². The highest BCUT2D eigenvalue weighted by Gasteiger charge is 2.12. The van der Waals surface area contributed by atoms with Gasteiger partial charge in [0, 0.05) is 5.02 Å². The Morgan fingerprint density at radius 1 is 1.23 bits per heavy atom. The molecular weight excluding hydrogens is 325 g/mol. The van der Waals surface area contributed by atoms with Crippen LogP contribution in [0.1, 0.15) is 15.9 Å². The number of nitrogens with one attached hydrogen (secondary N) is 1. The van der Waals surface area contributed by atoms with Crippen LogP contribution < -0.4 is 11.1 Å². The highest BCUT2D eigenvalue weighted by Crippen LogP contribution is 2.21. The molecule has 0 aliphatic heterocycles. The monoisotopic (exact) mass is 339 g/mol. The van der Waals surface area contributed by atoms with Gasteiger partial charge in [-0.15, -0.1) is 12.4 Å². The standard InChI is InChI=1S/C15H14ClN3O2.ClH/c16-11-6-7-13(20)12(8-11)14(21)19-15(17)18-9-10-4-2-1-3-5-10;/h1-8,20H,9H2,(H3,17,18,19,21);1H. The number of nitrogens with two attached hydrogens (primary N) is 1. The van der Waals surface area contributed by atoms with Gasteiger partial charge in [-0.1, -0.05) is 41.9 Å². The molecule has 0 unspecified atom stereocenters. The third-order valence-electron chi connectivity index (χ3n) is 2.72. The van der Waals surface area contributed by atoms with Crippen LogP contribution in [0.4, 0.5) is 0 Å². The first kappa shape index (κ1) is 17.8. The molecule has 22 heavy (non-hydrogen) atoms. The fraction of sp³-hybridized carbons (Fsp3) is 0.0667. The number of carbonyl (C=O) groups excluding carboxylic acids is 1. The first-order valence-corrected chi connectivity index (χ1v) is 6.58. The molecular formula is C15H15Cl2N3O2. The number of aromatic hydroxyl groups is 1. The van der Waals surface area contributed by atoms with Gasteiger partial charge < -0.3 is 10.8 Å². The molecule has 0 saturated heterocycles. The number of carbonyl (C=O) groups is 1. The lowest BCUT2D eigenvalue weighted by Gasteiger charge is -2.06. The zero-order chi connectivity index (χ0) is 15.2. The maximum absolute atomic E-state index is 11.9. The number of phenols is 1. The maximum Gasteiger partial charge on any atom is 0.261 e. The number of guanidine groups is 1. The summed E-state index contributed by atoms with van der Waals surface area (Å²) >= 11 is 5.79. The summed E-state index contributed by atoms with van der Waals surface area (Å²) in [5.74, 6) is -0.764. The van der Waals surface area contributed by atoms with E-state index < -0.39 is 5.91 Å². The molecule has 1 amide bonds. The molecule has 0 aliphatic carbocycles. The lowest BCUT2D eigenvalue weighted by molar-refractivity contribution is 0.0974. The molecule has 0 atom stereocenters. The predicted molar refractivity (Wildman–Crippen MR) is 89.6 cm³/mol. The van der Waals surface area contributed by atoms with E-state index in [4.69, 9.17) is 17.3 Å². The van der Waals surface area contributed by atoms with Crippen LogP contribution in [0, 0.1) is 0 Å². The Kier molecular flexibility index (Phi) is 6.69. The topological polar surface area (TPSA) is 87.7 Å². The Morgan fingerprint density at radius 3 is 2.59 bits per heavy atom. The van der Waals surface area contributed by atoms with Crippen molar-refractivity contribution < 1.29 is 9.90 Å².